The average molecular weight is 239 g/mol. The summed E-state index contributed by atoms with van der Waals surface area (Å²) in [5, 5.41) is 21.3. The topological polar surface area (TPSA) is 43.7 Å². The number of aliphatic hydroxyl groups is 2. The molecule has 0 spiro atoms. The number of nitrogens with zero attached hydrogens (tertiary/aromatic N) is 1. The largest absolute Gasteiger partial charge is 0.387 e. The molecule has 0 radical (unpaired) electrons. The Kier molecular flexibility index (Phi) is 3.62. The zero-order valence-corrected chi connectivity index (χ0v) is 11.0. The Labute approximate surface area is 104 Å². The van der Waals surface area contributed by atoms with Crippen molar-refractivity contribution >= 4 is 0 Å². The van der Waals surface area contributed by atoms with Gasteiger partial charge in [-0.3, -0.25) is 0 Å². The van der Waals surface area contributed by atoms with Crippen molar-refractivity contribution in [1.82, 2.24) is 4.90 Å². The Morgan fingerprint density at radius 3 is 2.65 bits per heavy atom. The van der Waals surface area contributed by atoms with E-state index in [1.54, 1.807) is 0 Å². The second kappa shape index (κ2) is 4.71. The van der Waals surface area contributed by atoms with Crippen molar-refractivity contribution in [2.24, 2.45) is 5.92 Å². The van der Waals surface area contributed by atoms with E-state index in [1.165, 1.54) is 0 Å². The van der Waals surface area contributed by atoms with Crippen LogP contribution in [0.3, 0.4) is 0 Å². The highest BCUT2D eigenvalue weighted by molar-refractivity contribution is 5.18. The standard InChI is InChI=1S/C14H25NO2/c1-15(2)11-5-6-12-7-10-13(16)8-3-4-9-14(12,13)17/h3-4,12,16-17H,5-11H2,1-2H3/t12?,13-,14-/m0/s1. The summed E-state index contributed by atoms with van der Waals surface area (Å²) < 4.78 is 0. The molecule has 2 rings (SSSR count). The van der Waals surface area contributed by atoms with E-state index < -0.39 is 11.2 Å². The third-order valence-corrected chi connectivity index (χ3v) is 4.60. The van der Waals surface area contributed by atoms with E-state index in [0.717, 1.165) is 32.2 Å². The number of hydrogen-bond acceptors (Lipinski definition) is 3. The molecule has 0 bridgehead atoms. The second-order valence-corrected chi connectivity index (χ2v) is 6.02. The monoisotopic (exact) mass is 239 g/mol. The van der Waals surface area contributed by atoms with Crippen molar-refractivity contribution in [1.29, 1.82) is 0 Å². The lowest BCUT2D eigenvalue weighted by Gasteiger charge is -2.43. The molecule has 2 aliphatic rings. The van der Waals surface area contributed by atoms with E-state index in [1.807, 2.05) is 12.2 Å². The van der Waals surface area contributed by atoms with Gasteiger partial charge >= 0.3 is 0 Å². The predicted molar refractivity (Wildman–Crippen MR) is 68.8 cm³/mol. The molecule has 3 heteroatoms. The fraction of sp³-hybridized carbons (Fsp3) is 0.857. The maximum absolute atomic E-state index is 10.8. The SMILES string of the molecule is CN(C)CCCC1CC[C@@]2(O)CC=CC[C@]12O. The van der Waals surface area contributed by atoms with Gasteiger partial charge in [-0.25, -0.2) is 0 Å². The van der Waals surface area contributed by atoms with Gasteiger partial charge in [0.15, 0.2) is 0 Å². The molecule has 1 fully saturated rings. The second-order valence-electron chi connectivity index (χ2n) is 6.02. The van der Waals surface area contributed by atoms with E-state index in [-0.39, 0.29) is 5.92 Å². The van der Waals surface area contributed by atoms with E-state index in [4.69, 9.17) is 0 Å². The van der Waals surface area contributed by atoms with E-state index in [9.17, 15) is 10.2 Å². The molecule has 2 aliphatic carbocycles. The van der Waals surface area contributed by atoms with E-state index >= 15 is 0 Å². The lowest BCUT2D eigenvalue weighted by molar-refractivity contribution is -0.152. The minimum Gasteiger partial charge on any atom is -0.387 e. The van der Waals surface area contributed by atoms with Crippen molar-refractivity contribution < 1.29 is 10.2 Å². The Hall–Kier alpha value is -0.380. The minimum absolute atomic E-state index is 0.261. The quantitative estimate of drug-likeness (QED) is 0.732. The summed E-state index contributed by atoms with van der Waals surface area (Å²) in [7, 11) is 4.14. The lowest BCUT2D eigenvalue weighted by Crippen LogP contribution is -2.54. The molecule has 98 valence electrons. The van der Waals surface area contributed by atoms with Gasteiger partial charge in [-0.1, -0.05) is 12.2 Å². The molecule has 3 nitrogen and oxygen atoms in total. The van der Waals surface area contributed by atoms with Gasteiger partial charge in [0, 0.05) is 0 Å². The molecular formula is C14H25NO2. The summed E-state index contributed by atoms with van der Waals surface area (Å²) in [4.78, 5) is 2.17. The average Bonchev–Trinajstić information content (AvgIpc) is 2.52. The molecule has 0 amide bonds. The third-order valence-electron chi connectivity index (χ3n) is 4.60. The Morgan fingerprint density at radius 2 is 1.94 bits per heavy atom. The Bertz CT molecular complexity index is 303. The summed E-state index contributed by atoms with van der Waals surface area (Å²) in [5.41, 5.74) is -1.72. The zero-order valence-electron chi connectivity index (χ0n) is 11.0. The van der Waals surface area contributed by atoms with Crippen LogP contribution in [0.1, 0.15) is 38.5 Å². The molecule has 1 unspecified atom stereocenters. The van der Waals surface area contributed by atoms with Crippen LogP contribution >= 0.6 is 0 Å². The molecule has 0 heterocycles. The minimum atomic E-state index is -0.867. The highest BCUT2D eigenvalue weighted by atomic mass is 16.4. The van der Waals surface area contributed by atoms with Crippen LogP contribution in [0.2, 0.25) is 0 Å². The Morgan fingerprint density at radius 1 is 1.24 bits per heavy atom. The Balaban J connectivity index is 1.98. The van der Waals surface area contributed by atoms with Crippen LogP contribution in [0.4, 0.5) is 0 Å². The van der Waals surface area contributed by atoms with Crippen LogP contribution < -0.4 is 0 Å². The molecule has 1 saturated carbocycles. The first kappa shape index (κ1) is 13.1. The maximum Gasteiger partial charge on any atom is 0.0998 e. The molecule has 3 atom stereocenters. The fourth-order valence-corrected chi connectivity index (χ4v) is 3.46. The summed E-state index contributed by atoms with van der Waals surface area (Å²) in [6.07, 6.45) is 9.10. The van der Waals surface area contributed by atoms with Gasteiger partial charge in [0.1, 0.15) is 0 Å². The van der Waals surface area contributed by atoms with E-state index in [2.05, 4.69) is 19.0 Å². The van der Waals surface area contributed by atoms with Crippen LogP contribution in [-0.4, -0.2) is 47.0 Å². The van der Waals surface area contributed by atoms with Crippen molar-refractivity contribution in [3.8, 4) is 0 Å². The van der Waals surface area contributed by atoms with Gasteiger partial charge in [0.2, 0.25) is 0 Å². The highest BCUT2D eigenvalue weighted by Crippen LogP contribution is 2.51. The zero-order chi connectivity index (χ0) is 12.5. The van der Waals surface area contributed by atoms with Crippen molar-refractivity contribution in [2.45, 2.75) is 49.7 Å². The molecular weight excluding hydrogens is 214 g/mol. The first-order valence-corrected chi connectivity index (χ1v) is 6.72. The normalized spacial score (nSPS) is 40.9. The first-order chi connectivity index (χ1) is 7.98. The fourth-order valence-electron chi connectivity index (χ4n) is 3.46. The molecule has 0 aliphatic heterocycles. The molecule has 0 saturated heterocycles. The lowest BCUT2D eigenvalue weighted by atomic mass is 9.72. The summed E-state index contributed by atoms with van der Waals surface area (Å²) in [6.45, 7) is 1.06. The van der Waals surface area contributed by atoms with Gasteiger partial charge in [-0.2, -0.15) is 0 Å². The third kappa shape index (κ3) is 2.28. The molecule has 2 N–H and O–H groups in total. The van der Waals surface area contributed by atoms with Gasteiger partial charge in [0.25, 0.3) is 0 Å². The highest BCUT2D eigenvalue weighted by Gasteiger charge is 2.57. The summed E-state index contributed by atoms with van der Waals surface area (Å²) in [6, 6.07) is 0. The number of rotatable bonds is 4. The maximum atomic E-state index is 10.8. The van der Waals surface area contributed by atoms with Crippen LogP contribution in [0.25, 0.3) is 0 Å². The molecule has 0 aromatic carbocycles. The summed E-state index contributed by atoms with van der Waals surface area (Å²) in [5.74, 6) is 0.261. The summed E-state index contributed by atoms with van der Waals surface area (Å²) >= 11 is 0. The van der Waals surface area contributed by atoms with Crippen LogP contribution in [-0.2, 0) is 0 Å². The van der Waals surface area contributed by atoms with Crippen molar-refractivity contribution in [3.05, 3.63) is 12.2 Å². The number of hydrogen-bond donors (Lipinski definition) is 2. The smallest absolute Gasteiger partial charge is 0.0998 e. The van der Waals surface area contributed by atoms with Crippen LogP contribution in [0, 0.1) is 5.92 Å². The van der Waals surface area contributed by atoms with Gasteiger partial charge < -0.3 is 15.1 Å². The van der Waals surface area contributed by atoms with Crippen LogP contribution in [0.15, 0.2) is 12.2 Å². The van der Waals surface area contributed by atoms with Crippen LogP contribution in [0.5, 0.6) is 0 Å². The molecule has 0 aromatic rings. The molecule has 0 aromatic heterocycles. The predicted octanol–water partition coefficient (Wildman–Crippen LogP) is 1.55. The van der Waals surface area contributed by atoms with E-state index in [0.29, 0.717) is 12.8 Å². The molecule has 17 heavy (non-hydrogen) atoms. The van der Waals surface area contributed by atoms with Crippen molar-refractivity contribution in [2.75, 3.05) is 20.6 Å². The first-order valence-electron chi connectivity index (χ1n) is 6.72. The van der Waals surface area contributed by atoms with Crippen molar-refractivity contribution in [3.63, 3.8) is 0 Å². The van der Waals surface area contributed by atoms with Gasteiger partial charge in [-0.15, -0.1) is 0 Å². The van der Waals surface area contributed by atoms with Gasteiger partial charge in [0.05, 0.1) is 11.2 Å². The number of fused-ring (bicyclic) bond motifs is 1. The van der Waals surface area contributed by atoms with Gasteiger partial charge in [-0.05, 0) is 65.1 Å².